The van der Waals surface area contributed by atoms with E-state index in [1.807, 2.05) is 56.3 Å². The van der Waals surface area contributed by atoms with E-state index in [2.05, 4.69) is 10.3 Å². The summed E-state index contributed by atoms with van der Waals surface area (Å²) in [6.07, 6.45) is 2.88. The summed E-state index contributed by atoms with van der Waals surface area (Å²) in [6, 6.07) is 16.9. The molecule has 3 rings (SSSR count). The van der Waals surface area contributed by atoms with E-state index in [9.17, 15) is 4.79 Å². The van der Waals surface area contributed by atoms with Crippen molar-refractivity contribution >= 4 is 23.0 Å². The van der Waals surface area contributed by atoms with Gasteiger partial charge in [-0.2, -0.15) is 0 Å². The number of hydrogen-bond acceptors (Lipinski definition) is 4. The maximum atomic E-state index is 12.4. The van der Waals surface area contributed by atoms with Crippen molar-refractivity contribution in [2.75, 3.05) is 11.1 Å². The number of aryl methyl sites for hydroxylation is 3. The van der Waals surface area contributed by atoms with Crippen molar-refractivity contribution in [1.29, 1.82) is 5.41 Å². The summed E-state index contributed by atoms with van der Waals surface area (Å²) in [5.41, 5.74) is 12.0. The van der Waals surface area contributed by atoms with Gasteiger partial charge in [-0.1, -0.05) is 29.8 Å². The molecule has 0 saturated carbocycles. The van der Waals surface area contributed by atoms with Crippen molar-refractivity contribution in [3.63, 3.8) is 0 Å². The first kappa shape index (κ1) is 19.3. The minimum atomic E-state index is -0.132. The first-order valence-electron chi connectivity index (χ1n) is 9.20. The van der Waals surface area contributed by atoms with Crippen LogP contribution in [-0.2, 0) is 6.42 Å². The molecule has 5 heteroatoms. The maximum Gasteiger partial charge on any atom is 0.255 e. The quantitative estimate of drug-likeness (QED) is 0.555. The Balaban J connectivity index is 1.66. The number of nitrogens with zero attached hydrogens (tertiary/aromatic N) is 1. The zero-order chi connectivity index (χ0) is 20.1. The summed E-state index contributed by atoms with van der Waals surface area (Å²) in [4.78, 5) is 16.7. The predicted octanol–water partition coefficient (Wildman–Crippen LogP) is 4.53. The molecule has 0 atom stereocenters. The largest absolute Gasteiger partial charge is 0.398 e. The van der Waals surface area contributed by atoms with Gasteiger partial charge in [0.1, 0.15) is 0 Å². The number of aromatic nitrogens is 1. The maximum absolute atomic E-state index is 12.4. The van der Waals surface area contributed by atoms with Crippen molar-refractivity contribution in [2.45, 2.75) is 26.7 Å². The van der Waals surface area contributed by atoms with Crippen LogP contribution >= 0.6 is 0 Å². The Hall–Kier alpha value is -3.47. The Bertz CT molecular complexity index is 1010. The van der Waals surface area contributed by atoms with Gasteiger partial charge in [0.25, 0.3) is 5.91 Å². The minimum Gasteiger partial charge on any atom is -0.398 e. The van der Waals surface area contributed by atoms with E-state index in [1.165, 1.54) is 0 Å². The Morgan fingerprint density at radius 1 is 1.11 bits per heavy atom. The summed E-state index contributed by atoms with van der Waals surface area (Å²) in [5, 5.41) is 11.3. The number of benzene rings is 2. The molecule has 0 bridgehead atoms. The molecular weight excluding hydrogens is 348 g/mol. The van der Waals surface area contributed by atoms with Crippen LogP contribution in [0.3, 0.4) is 0 Å². The summed E-state index contributed by atoms with van der Waals surface area (Å²) in [7, 11) is 0. The van der Waals surface area contributed by atoms with E-state index >= 15 is 0 Å². The van der Waals surface area contributed by atoms with Crippen LogP contribution in [0.25, 0.3) is 0 Å². The SMILES string of the molecule is Cc1cccc(C(=O)Nc2cccc(CCC(=N)c3c(N)ccnc3C)c2)c1. The van der Waals surface area contributed by atoms with E-state index in [0.29, 0.717) is 35.4 Å². The van der Waals surface area contributed by atoms with Crippen LogP contribution in [0.1, 0.15) is 39.2 Å². The van der Waals surface area contributed by atoms with Gasteiger partial charge in [-0.3, -0.25) is 9.78 Å². The highest BCUT2D eigenvalue weighted by molar-refractivity contribution is 6.04. The number of pyridine rings is 1. The van der Waals surface area contributed by atoms with E-state index in [4.69, 9.17) is 11.1 Å². The molecule has 2 aromatic carbocycles. The Morgan fingerprint density at radius 3 is 2.64 bits per heavy atom. The van der Waals surface area contributed by atoms with E-state index in [0.717, 1.165) is 22.5 Å². The van der Waals surface area contributed by atoms with Gasteiger partial charge < -0.3 is 16.5 Å². The molecule has 1 aromatic heterocycles. The third-order valence-electron chi connectivity index (χ3n) is 4.60. The predicted molar refractivity (Wildman–Crippen MR) is 114 cm³/mol. The van der Waals surface area contributed by atoms with Crippen molar-refractivity contribution in [2.24, 2.45) is 0 Å². The molecule has 0 radical (unpaired) electrons. The van der Waals surface area contributed by atoms with Crippen LogP contribution < -0.4 is 11.1 Å². The number of nitrogens with two attached hydrogens (primary N) is 1. The van der Waals surface area contributed by atoms with E-state index in [1.54, 1.807) is 18.3 Å². The van der Waals surface area contributed by atoms with E-state index in [-0.39, 0.29) is 5.91 Å². The van der Waals surface area contributed by atoms with Gasteiger partial charge in [-0.25, -0.2) is 0 Å². The minimum absolute atomic E-state index is 0.132. The number of nitrogens with one attached hydrogen (secondary N) is 2. The highest BCUT2D eigenvalue weighted by Gasteiger charge is 2.11. The van der Waals surface area contributed by atoms with Crippen molar-refractivity contribution in [3.8, 4) is 0 Å². The molecule has 0 saturated heterocycles. The van der Waals surface area contributed by atoms with Crippen molar-refractivity contribution in [1.82, 2.24) is 4.98 Å². The fourth-order valence-corrected chi connectivity index (χ4v) is 3.17. The Labute approximate surface area is 165 Å². The van der Waals surface area contributed by atoms with Crippen LogP contribution in [0.2, 0.25) is 0 Å². The normalized spacial score (nSPS) is 10.5. The number of nitrogen functional groups attached to an aromatic ring is 1. The third kappa shape index (κ3) is 4.62. The molecule has 0 fully saturated rings. The molecule has 0 unspecified atom stereocenters. The second kappa shape index (κ2) is 8.48. The molecule has 3 aromatic rings. The molecule has 5 nitrogen and oxygen atoms in total. The monoisotopic (exact) mass is 372 g/mol. The lowest BCUT2D eigenvalue weighted by molar-refractivity contribution is 0.102. The second-order valence-electron chi connectivity index (χ2n) is 6.86. The Kier molecular flexibility index (Phi) is 5.84. The zero-order valence-corrected chi connectivity index (χ0v) is 16.1. The molecule has 4 N–H and O–H groups in total. The van der Waals surface area contributed by atoms with E-state index < -0.39 is 0 Å². The van der Waals surface area contributed by atoms with Gasteiger partial charge in [-0.15, -0.1) is 0 Å². The molecule has 142 valence electrons. The highest BCUT2D eigenvalue weighted by atomic mass is 16.1. The van der Waals surface area contributed by atoms with Gasteiger partial charge >= 0.3 is 0 Å². The van der Waals surface area contributed by atoms with Gasteiger partial charge in [0.15, 0.2) is 0 Å². The van der Waals surface area contributed by atoms with Crippen LogP contribution in [0.4, 0.5) is 11.4 Å². The number of anilines is 2. The molecule has 0 aliphatic rings. The van der Waals surface area contributed by atoms with Gasteiger partial charge in [0.2, 0.25) is 0 Å². The lowest BCUT2D eigenvalue weighted by atomic mass is 9.99. The smallest absolute Gasteiger partial charge is 0.255 e. The molecule has 28 heavy (non-hydrogen) atoms. The molecule has 0 spiro atoms. The fourth-order valence-electron chi connectivity index (χ4n) is 3.17. The lowest BCUT2D eigenvalue weighted by Gasteiger charge is -2.11. The molecular formula is C23H24N4O. The summed E-state index contributed by atoms with van der Waals surface area (Å²) in [5.74, 6) is -0.132. The molecule has 0 aliphatic carbocycles. The van der Waals surface area contributed by atoms with Crippen LogP contribution in [0, 0.1) is 19.3 Å². The summed E-state index contributed by atoms with van der Waals surface area (Å²) >= 11 is 0. The third-order valence-corrected chi connectivity index (χ3v) is 4.60. The van der Waals surface area contributed by atoms with Crippen molar-refractivity contribution in [3.05, 3.63) is 88.7 Å². The zero-order valence-electron chi connectivity index (χ0n) is 16.1. The van der Waals surface area contributed by atoms with Gasteiger partial charge in [0, 0.05) is 40.1 Å². The Morgan fingerprint density at radius 2 is 1.89 bits per heavy atom. The van der Waals surface area contributed by atoms with Crippen molar-refractivity contribution < 1.29 is 4.79 Å². The number of carbonyl (C=O) groups excluding carboxylic acids is 1. The standard InChI is InChI=1S/C23H24N4O/c1-15-5-3-7-18(13-15)23(28)27-19-8-4-6-17(14-19)9-10-20(24)22-16(2)26-12-11-21(22)25/h3-8,11-14,24H,9-10H2,1-2H3,(H2,25,26)(H,27,28). The number of hydrogen-bond donors (Lipinski definition) is 3. The first-order chi connectivity index (χ1) is 13.4. The van der Waals surface area contributed by atoms with Crippen LogP contribution in [-0.4, -0.2) is 16.6 Å². The molecule has 1 amide bonds. The van der Waals surface area contributed by atoms with Gasteiger partial charge in [-0.05, 0) is 62.6 Å². The first-order valence-corrected chi connectivity index (χ1v) is 9.20. The number of carbonyl (C=O) groups is 1. The fraction of sp³-hybridized carbons (Fsp3) is 0.174. The molecule has 1 heterocycles. The molecule has 0 aliphatic heterocycles. The van der Waals surface area contributed by atoms with Crippen LogP contribution in [0.5, 0.6) is 0 Å². The number of rotatable bonds is 6. The summed E-state index contributed by atoms with van der Waals surface area (Å²) in [6.45, 7) is 3.82. The van der Waals surface area contributed by atoms with Crippen LogP contribution in [0.15, 0.2) is 60.8 Å². The average Bonchev–Trinajstić information content (AvgIpc) is 2.66. The number of amides is 1. The highest BCUT2D eigenvalue weighted by Crippen LogP contribution is 2.19. The average molecular weight is 372 g/mol. The summed E-state index contributed by atoms with van der Waals surface area (Å²) < 4.78 is 0. The topological polar surface area (TPSA) is 91.9 Å². The lowest BCUT2D eigenvalue weighted by Crippen LogP contribution is -2.12. The van der Waals surface area contributed by atoms with Gasteiger partial charge in [0.05, 0.1) is 0 Å². The second-order valence-corrected chi connectivity index (χ2v) is 6.86.